The van der Waals surface area contributed by atoms with Gasteiger partial charge in [0.1, 0.15) is 11.0 Å². The van der Waals surface area contributed by atoms with Crippen LogP contribution in [0.15, 0.2) is 16.8 Å². The molecule has 0 atom stereocenters. The Morgan fingerprint density at radius 1 is 1.38 bits per heavy atom. The van der Waals surface area contributed by atoms with Gasteiger partial charge in [0.15, 0.2) is 0 Å². The van der Waals surface area contributed by atoms with E-state index in [1.54, 1.807) is 0 Å². The van der Waals surface area contributed by atoms with Crippen molar-refractivity contribution in [3.8, 4) is 0 Å². The van der Waals surface area contributed by atoms with Crippen LogP contribution in [0.5, 0.6) is 0 Å². The van der Waals surface area contributed by atoms with Crippen LogP contribution in [0.25, 0.3) is 11.0 Å². The molecule has 0 bridgehead atoms. The summed E-state index contributed by atoms with van der Waals surface area (Å²) < 4.78 is 4.70. The Bertz CT molecular complexity index is 519. The first kappa shape index (κ1) is 10.6. The number of fused-ring (bicyclic) bond motifs is 1. The molecule has 0 aliphatic carbocycles. The average molecular weight is 220 g/mol. The normalized spacial score (nSPS) is 10.8. The Labute approximate surface area is 92.0 Å². The Hall–Kier alpha value is -1.91. The van der Waals surface area contributed by atoms with Gasteiger partial charge in [-0.3, -0.25) is 4.79 Å². The van der Waals surface area contributed by atoms with E-state index in [1.807, 2.05) is 19.1 Å². The lowest BCUT2D eigenvalue weighted by Gasteiger charge is -2.01. The third-order valence-electron chi connectivity index (χ3n) is 2.54. The number of nitrogens with zero attached hydrogens (tertiary/aromatic N) is 2. The van der Waals surface area contributed by atoms with Gasteiger partial charge in [-0.25, -0.2) is 4.63 Å². The Morgan fingerprint density at radius 3 is 2.88 bits per heavy atom. The molecule has 16 heavy (non-hydrogen) atoms. The number of aryl methyl sites for hydroxylation is 2. The number of carboxylic acid groups (broad SMARTS) is 1. The molecular weight excluding hydrogens is 208 g/mol. The largest absolute Gasteiger partial charge is 0.481 e. The highest BCUT2D eigenvalue weighted by atomic mass is 16.6. The zero-order chi connectivity index (χ0) is 11.5. The molecule has 5 heteroatoms. The minimum Gasteiger partial charge on any atom is -0.481 e. The molecule has 0 unspecified atom stereocenters. The third-order valence-corrected chi connectivity index (χ3v) is 2.54. The number of hydrogen-bond acceptors (Lipinski definition) is 4. The van der Waals surface area contributed by atoms with E-state index in [1.165, 1.54) is 0 Å². The first-order valence-corrected chi connectivity index (χ1v) is 5.11. The number of benzene rings is 1. The number of carboxylic acids is 1. The van der Waals surface area contributed by atoms with E-state index in [9.17, 15) is 4.79 Å². The lowest BCUT2D eigenvalue weighted by Crippen LogP contribution is -1.96. The zero-order valence-electron chi connectivity index (χ0n) is 8.93. The van der Waals surface area contributed by atoms with Gasteiger partial charge < -0.3 is 5.11 Å². The number of rotatable bonds is 4. The molecule has 84 valence electrons. The highest BCUT2D eigenvalue weighted by Gasteiger charge is 2.09. The molecule has 1 aromatic carbocycles. The average Bonchev–Trinajstić information content (AvgIpc) is 2.70. The fourth-order valence-corrected chi connectivity index (χ4v) is 1.67. The van der Waals surface area contributed by atoms with Gasteiger partial charge in [-0.2, -0.15) is 0 Å². The third kappa shape index (κ3) is 2.03. The molecule has 0 saturated heterocycles. The van der Waals surface area contributed by atoms with E-state index in [0.29, 0.717) is 12.8 Å². The number of aromatic nitrogens is 2. The number of aliphatic carboxylic acids is 1. The first-order valence-electron chi connectivity index (χ1n) is 5.11. The van der Waals surface area contributed by atoms with E-state index >= 15 is 0 Å². The van der Waals surface area contributed by atoms with Crippen LogP contribution in [-0.4, -0.2) is 21.4 Å². The van der Waals surface area contributed by atoms with Crippen LogP contribution in [0.4, 0.5) is 0 Å². The molecule has 0 aliphatic rings. The molecule has 2 rings (SSSR count). The Kier molecular flexibility index (Phi) is 2.85. The molecule has 0 radical (unpaired) electrons. The monoisotopic (exact) mass is 220 g/mol. The van der Waals surface area contributed by atoms with E-state index in [4.69, 9.17) is 9.74 Å². The highest BCUT2D eigenvalue weighted by molar-refractivity contribution is 5.80. The molecule has 0 amide bonds. The maximum atomic E-state index is 10.4. The summed E-state index contributed by atoms with van der Waals surface area (Å²) in [6.07, 6.45) is 1.44. The standard InChI is InChI=1S/C11H12N2O3/c1-7-5-6-8(3-2-4-9(14)15)11-10(7)12-16-13-11/h5-6H,2-4H2,1H3,(H,14,15). The fourth-order valence-electron chi connectivity index (χ4n) is 1.67. The second kappa shape index (κ2) is 4.30. The van der Waals surface area contributed by atoms with E-state index in [0.717, 1.165) is 22.2 Å². The second-order valence-corrected chi connectivity index (χ2v) is 3.75. The van der Waals surface area contributed by atoms with Crippen LogP contribution in [-0.2, 0) is 11.2 Å². The van der Waals surface area contributed by atoms with Crippen LogP contribution in [0, 0.1) is 6.92 Å². The molecule has 1 heterocycles. The summed E-state index contributed by atoms with van der Waals surface area (Å²) in [6.45, 7) is 1.94. The fraction of sp³-hybridized carbons (Fsp3) is 0.364. The van der Waals surface area contributed by atoms with Gasteiger partial charge >= 0.3 is 5.97 Å². The van der Waals surface area contributed by atoms with Crippen LogP contribution in [0.3, 0.4) is 0 Å². The minimum atomic E-state index is -0.776. The molecule has 2 aromatic rings. The molecule has 0 saturated carbocycles. The van der Waals surface area contributed by atoms with E-state index in [2.05, 4.69) is 10.3 Å². The van der Waals surface area contributed by atoms with Gasteiger partial charge in [-0.05, 0) is 41.2 Å². The van der Waals surface area contributed by atoms with Crippen molar-refractivity contribution in [2.75, 3.05) is 0 Å². The van der Waals surface area contributed by atoms with Crippen LogP contribution < -0.4 is 0 Å². The van der Waals surface area contributed by atoms with Gasteiger partial charge in [0.2, 0.25) is 0 Å². The van der Waals surface area contributed by atoms with Crippen LogP contribution in [0.1, 0.15) is 24.0 Å². The SMILES string of the molecule is Cc1ccc(CCCC(=O)O)c2nonc12. The summed E-state index contributed by atoms with van der Waals surface area (Å²) in [5.41, 5.74) is 3.50. The van der Waals surface area contributed by atoms with Crippen molar-refractivity contribution in [3.63, 3.8) is 0 Å². The summed E-state index contributed by atoms with van der Waals surface area (Å²) in [6, 6.07) is 3.90. The van der Waals surface area contributed by atoms with Crippen LogP contribution in [0.2, 0.25) is 0 Å². The first-order chi connectivity index (χ1) is 7.68. The molecular formula is C11H12N2O3. The van der Waals surface area contributed by atoms with E-state index in [-0.39, 0.29) is 6.42 Å². The van der Waals surface area contributed by atoms with Gasteiger partial charge in [-0.1, -0.05) is 12.1 Å². The summed E-state index contributed by atoms with van der Waals surface area (Å²) in [7, 11) is 0. The molecule has 0 fully saturated rings. The van der Waals surface area contributed by atoms with Crippen molar-refractivity contribution >= 4 is 17.0 Å². The van der Waals surface area contributed by atoms with Gasteiger partial charge in [0.25, 0.3) is 0 Å². The van der Waals surface area contributed by atoms with Crippen molar-refractivity contribution in [2.45, 2.75) is 26.2 Å². The lowest BCUT2D eigenvalue weighted by atomic mass is 10.0. The molecule has 1 aromatic heterocycles. The lowest BCUT2D eigenvalue weighted by molar-refractivity contribution is -0.137. The molecule has 5 nitrogen and oxygen atoms in total. The van der Waals surface area contributed by atoms with Gasteiger partial charge in [-0.15, -0.1) is 0 Å². The maximum absolute atomic E-state index is 10.4. The highest BCUT2D eigenvalue weighted by Crippen LogP contribution is 2.20. The van der Waals surface area contributed by atoms with Crippen molar-refractivity contribution in [1.82, 2.24) is 10.3 Å². The predicted octanol–water partition coefficient (Wildman–Crippen LogP) is 1.94. The van der Waals surface area contributed by atoms with Gasteiger partial charge in [0.05, 0.1) is 0 Å². The smallest absolute Gasteiger partial charge is 0.303 e. The topological polar surface area (TPSA) is 76.2 Å². The number of carbonyl (C=O) groups is 1. The number of hydrogen-bond donors (Lipinski definition) is 1. The molecule has 0 spiro atoms. The summed E-state index contributed by atoms with van der Waals surface area (Å²) in [5.74, 6) is -0.776. The van der Waals surface area contributed by atoms with Crippen LogP contribution >= 0.6 is 0 Å². The van der Waals surface area contributed by atoms with Crippen molar-refractivity contribution in [2.24, 2.45) is 0 Å². The van der Waals surface area contributed by atoms with Crippen molar-refractivity contribution in [3.05, 3.63) is 23.3 Å². The summed E-state index contributed by atoms with van der Waals surface area (Å²) in [4.78, 5) is 10.4. The minimum absolute atomic E-state index is 0.167. The van der Waals surface area contributed by atoms with Crippen molar-refractivity contribution in [1.29, 1.82) is 0 Å². The Morgan fingerprint density at radius 2 is 2.12 bits per heavy atom. The van der Waals surface area contributed by atoms with E-state index < -0.39 is 5.97 Å². The zero-order valence-corrected chi connectivity index (χ0v) is 8.93. The maximum Gasteiger partial charge on any atom is 0.303 e. The summed E-state index contributed by atoms with van der Waals surface area (Å²) in [5, 5.41) is 16.2. The molecule has 1 N–H and O–H groups in total. The van der Waals surface area contributed by atoms with Gasteiger partial charge in [0, 0.05) is 6.42 Å². The molecule has 0 aliphatic heterocycles. The predicted molar refractivity (Wildman–Crippen MR) is 57.1 cm³/mol. The summed E-state index contributed by atoms with van der Waals surface area (Å²) >= 11 is 0. The second-order valence-electron chi connectivity index (χ2n) is 3.75. The van der Waals surface area contributed by atoms with Crippen molar-refractivity contribution < 1.29 is 14.5 Å². The Balaban J connectivity index is 2.21. The quantitative estimate of drug-likeness (QED) is 0.852.